The summed E-state index contributed by atoms with van der Waals surface area (Å²) in [6.45, 7) is 12.6. The number of nitrogens with one attached hydrogen (secondary N) is 1. The van der Waals surface area contributed by atoms with Crippen LogP contribution in [0.1, 0.15) is 45.9 Å². The molecule has 0 bridgehead atoms. The predicted molar refractivity (Wildman–Crippen MR) is 114 cm³/mol. The van der Waals surface area contributed by atoms with Crippen LogP contribution < -0.4 is 5.32 Å². The van der Waals surface area contributed by atoms with E-state index in [2.05, 4.69) is 10.5 Å². The van der Waals surface area contributed by atoms with E-state index in [0.29, 0.717) is 18.8 Å². The SMILES string of the molecule is Cc1cccc2c(C(C)(C)NC(=O)[C@@H]3CN(C(=O)OC(C)(C)C)CCN3C)noc12. The highest BCUT2D eigenvalue weighted by molar-refractivity contribution is 5.86. The molecule has 0 aliphatic carbocycles. The number of carbonyl (C=O) groups is 2. The molecule has 1 aliphatic heterocycles. The van der Waals surface area contributed by atoms with Crippen LogP contribution in [0, 0.1) is 6.92 Å². The average Bonchev–Trinajstić information content (AvgIpc) is 3.06. The molecular formula is C22H32N4O4. The second-order valence-corrected chi connectivity index (χ2v) is 9.52. The van der Waals surface area contributed by atoms with Gasteiger partial charge in [-0.15, -0.1) is 0 Å². The second-order valence-electron chi connectivity index (χ2n) is 9.52. The smallest absolute Gasteiger partial charge is 0.410 e. The number of hydrogen-bond acceptors (Lipinski definition) is 6. The fraction of sp³-hybridized carbons (Fsp3) is 0.591. The molecule has 1 atom stereocenters. The van der Waals surface area contributed by atoms with E-state index in [1.54, 1.807) is 4.90 Å². The number of likely N-dealkylation sites (N-methyl/N-ethyl adjacent to an activating group) is 1. The number of amides is 2. The minimum absolute atomic E-state index is 0.167. The minimum Gasteiger partial charge on any atom is -0.444 e. The Kier molecular flexibility index (Phi) is 5.82. The third-order valence-corrected chi connectivity index (χ3v) is 5.33. The van der Waals surface area contributed by atoms with Gasteiger partial charge in [0.25, 0.3) is 0 Å². The molecule has 1 fully saturated rings. The van der Waals surface area contributed by atoms with E-state index in [1.165, 1.54) is 0 Å². The Labute approximate surface area is 177 Å². The summed E-state index contributed by atoms with van der Waals surface area (Å²) in [6.07, 6.45) is -0.398. The Morgan fingerprint density at radius 2 is 1.90 bits per heavy atom. The number of rotatable bonds is 3. The van der Waals surface area contributed by atoms with Gasteiger partial charge in [-0.25, -0.2) is 4.79 Å². The molecule has 0 radical (unpaired) electrons. The van der Waals surface area contributed by atoms with Crippen LogP contribution in [-0.2, 0) is 15.1 Å². The van der Waals surface area contributed by atoms with E-state index in [9.17, 15) is 9.59 Å². The van der Waals surface area contributed by atoms with Crippen molar-refractivity contribution in [1.82, 2.24) is 20.3 Å². The van der Waals surface area contributed by atoms with E-state index in [-0.39, 0.29) is 12.5 Å². The summed E-state index contributed by atoms with van der Waals surface area (Å²) in [6, 6.07) is 5.37. The first kappa shape index (κ1) is 22.1. The summed E-state index contributed by atoms with van der Waals surface area (Å²) in [5.41, 5.74) is 1.07. The maximum atomic E-state index is 13.2. The van der Waals surface area contributed by atoms with Crippen molar-refractivity contribution in [3.8, 4) is 0 Å². The Morgan fingerprint density at radius 3 is 2.57 bits per heavy atom. The van der Waals surface area contributed by atoms with Gasteiger partial charge in [-0.1, -0.05) is 17.3 Å². The Hall–Kier alpha value is -2.61. The average molecular weight is 417 g/mol. The quantitative estimate of drug-likeness (QED) is 0.827. The molecule has 0 spiro atoms. The summed E-state index contributed by atoms with van der Waals surface area (Å²) in [7, 11) is 1.89. The van der Waals surface area contributed by atoms with Gasteiger partial charge in [0.05, 0.1) is 5.54 Å². The van der Waals surface area contributed by atoms with E-state index in [1.807, 2.05) is 71.7 Å². The lowest BCUT2D eigenvalue weighted by Gasteiger charge is -2.40. The fourth-order valence-corrected chi connectivity index (χ4v) is 3.65. The Morgan fingerprint density at radius 1 is 1.20 bits per heavy atom. The van der Waals surface area contributed by atoms with Crippen LogP contribution in [0.3, 0.4) is 0 Å². The maximum Gasteiger partial charge on any atom is 0.410 e. The number of hydrogen-bond donors (Lipinski definition) is 1. The van der Waals surface area contributed by atoms with Crippen LogP contribution in [0.15, 0.2) is 22.7 Å². The maximum absolute atomic E-state index is 13.2. The van der Waals surface area contributed by atoms with Crippen molar-refractivity contribution in [2.24, 2.45) is 0 Å². The molecule has 8 heteroatoms. The largest absolute Gasteiger partial charge is 0.444 e. The second kappa shape index (κ2) is 7.91. The number of aryl methyl sites for hydroxylation is 1. The van der Waals surface area contributed by atoms with E-state index in [4.69, 9.17) is 9.26 Å². The standard InChI is InChI=1S/C22H32N4O4/c1-14-9-8-10-15-17(14)30-24-18(15)22(5,6)23-19(27)16-13-26(12-11-25(16)7)20(28)29-21(2,3)4/h8-10,16H,11-13H2,1-7H3,(H,23,27)/t16-/m0/s1. The number of piperazine rings is 1. The van der Waals surface area contributed by atoms with Gasteiger partial charge >= 0.3 is 6.09 Å². The van der Waals surface area contributed by atoms with Crippen molar-refractivity contribution in [2.45, 2.75) is 58.7 Å². The summed E-state index contributed by atoms with van der Waals surface area (Å²) in [5.74, 6) is -0.167. The molecule has 1 N–H and O–H groups in total. The lowest BCUT2D eigenvalue weighted by molar-refractivity contribution is -0.129. The zero-order valence-electron chi connectivity index (χ0n) is 18.9. The Bertz CT molecular complexity index is 944. The van der Waals surface area contributed by atoms with Gasteiger partial charge in [0.15, 0.2) is 5.58 Å². The molecule has 3 rings (SSSR count). The number of carbonyl (C=O) groups excluding carboxylic acids is 2. The van der Waals surface area contributed by atoms with Crippen LogP contribution in [0.5, 0.6) is 0 Å². The highest BCUT2D eigenvalue weighted by atomic mass is 16.6. The van der Waals surface area contributed by atoms with Crippen molar-refractivity contribution in [3.63, 3.8) is 0 Å². The molecule has 0 saturated carbocycles. The van der Waals surface area contributed by atoms with Crippen LogP contribution >= 0.6 is 0 Å². The minimum atomic E-state index is -0.745. The summed E-state index contributed by atoms with van der Waals surface area (Å²) in [4.78, 5) is 29.2. The van der Waals surface area contributed by atoms with Gasteiger partial charge in [0.2, 0.25) is 5.91 Å². The molecule has 1 aliphatic rings. The highest BCUT2D eigenvalue weighted by Gasteiger charge is 2.37. The molecule has 1 aromatic carbocycles. The third-order valence-electron chi connectivity index (χ3n) is 5.33. The van der Waals surface area contributed by atoms with Crippen LogP contribution in [0.2, 0.25) is 0 Å². The van der Waals surface area contributed by atoms with Crippen LogP contribution in [0.4, 0.5) is 4.79 Å². The van der Waals surface area contributed by atoms with Crippen LogP contribution in [-0.4, -0.2) is 65.3 Å². The lowest BCUT2D eigenvalue weighted by atomic mass is 9.95. The topological polar surface area (TPSA) is 87.9 Å². The van der Waals surface area contributed by atoms with E-state index in [0.717, 1.165) is 16.5 Å². The van der Waals surface area contributed by atoms with E-state index < -0.39 is 23.3 Å². The monoisotopic (exact) mass is 416 g/mol. The zero-order chi connectivity index (χ0) is 22.3. The molecule has 8 nitrogen and oxygen atoms in total. The molecule has 1 aromatic heterocycles. The Balaban J connectivity index is 1.76. The molecule has 2 amide bonds. The number of nitrogens with zero attached hydrogens (tertiary/aromatic N) is 3. The first-order valence-electron chi connectivity index (χ1n) is 10.2. The number of para-hydroxylation sites is 1. The number of benzene rings is 1. The van der Waals surface area contributed by atoms with Gasteiger partial charge in [-0.3, -0.25) is 9.69 Å². The molecular weight excluding hydrogens is 384 g/mol. The van der Waals surface area contributed by atoms with E-state index >= 15 is 0 Å². The highest BCUT2D eigenvalue weighted by Crippen LogP contribution is 2.29. The van der Waals surface area contributed by atoms with Crippen molar-refractivity contribution in [2.75, 3.05) is 26.7 Å². The van der Waals surface area contributed by atoms with Crippen LogP contribution in [0.25, 0.3) is 11.0 Å². The lowest BCUT2D eigenvalue weighted by Crippen LogP contribution is -2.61. The summed E-state index contributed by atoms with van der Waals surface area (Å²) in [5, 5.41) is 8.22. The fourth-order valence-electron chi connectivity index (χ4n) is 3.65. The summed E-state index contributed by atoms with van der Waals surface area (Å²) >= 11 is 0. The van der Waals surface area contributed by atoms with Crippen molar-refractivity contribution in [3.05, 3.63) is 29.5 Å². The summed E-state index contributed by atoms with van der Waals surface area (Å²) < 4.78 is 11.0. The number of ether oxygens (including phenoxy) is 1. The number of fused-ring (bicyclic) bond motifs is 1. The van der Waals surface area contributed by atoms with Gasteiger partial charge in [0.1, 0.15) is 17.3 Å². The molecule has 2 aromatic rings. The predicted octanol–water partition coefficient (Wildman–Crippen LogP) is 3.04. The molecule has 2 heterocycles. The van der Waals surface area contributed by atoms with Gasteiger partial charge in [-0.05, 0) is 60.2 Å². The third kappa shape index (κ3) is 4.59. The zero-order valence-corrected chi connectivity index (χ0v) is 18.9. The van der Waals surface area contributed by atoms with Gasteiger partial charge in [-0.2, -0.15) is 0 Å². The number of aromatic nitrogens is 1. The van der Waals surface area contributed by atoms with Crippen molar-refractivity contribution >= 4 is 23.0 Å². The van der Waals surface area contributed by atoms with Crippen molar-refractivity contribution in [1.29, 1.82) is 0 Å². The normalized spacial score (nSPS) is 18.5. The molecule has 1 saturated heterocycles. The molecule has 0 unspecified atom stereocenters. The molecule has 30 heavy (non-hydrogen) atoms. The molecule has 164 valence electrons. The first-order valence-corrected chi connectivity index (χ1v) is 10.2. The van der Waals surface area contributed by atoms with Gasteiger partial charge < -0.3 is 19.5 Å². The van der Waals surface area contributed by atoms with Gasteiger partial charge in [0, 0.05) is 25.0 Å². The first-order chi connectivity index (χ1) is 13.9. The van der Waals surface area contributed by atoms with Crippen molar-refractivity contribution < 1.29 is 18.8 Å².